The fraction of sp³-hybridized carbons (Fsp3) is 0.250. The molecule has 3 aromatic rings. The third kappa shape index (κ3) is 4.42. The van der Waals surface area contributed by atoms with E-state index in [1.807, 2.05) is 10.8 Å². The van der Waals surface area contributed by atoms with Crippen LogP contribution in [0.2, 0.25) is 0 Å². The normalized spacial score (nSPS) is 12.2. The topological polar surface area (TPSA) is 112 Å². The quantitative estimate of drug-likeness (QED) is 0.615. The molecular formula is C20H23N3O4S2. The summed E-state index contributed by atoms with van der Waals surface area (Å²) in [4.78, 5) is 3.94. The van der Waals surface area contributed by atoms with E-state index in [2.05, 4.69) is 4.98 Å². The first-order valence-corrected chi connectivity index (χ1v) is 12.1. The molecule has 0 amide bonds. The summed E-state index contributed by atoms with van der Waals surface area (Å²) in [5, 5.41) is 5.36. The highest BCUT2D eigenvalue weighted by molar-refractivity contribution is 7.91. The van der Waals surface area contributed by atoms with E-state index >= 15 is 0 Å². The number of hydrogen-bond acceptors (Lipinski definition) is 5. The van der Waals surface area contributed by atoms with Crippen LogP contribution in [0.25, 0.3) is 0 Å². The highest BCUT2D eigenvalue weighted by Gasteiger charge is 2.27. The zero-order valence-corrected chi connectivity index (χ0v) is 17.9. The van der Waals surface area contributed by atoms with E-state index in [4.69, 9.17) is 5.14 Å². The second-order valence-corrected chi connectivity index (χ2v) is 10.3. The van der Waals surface area contributed by atoms with Crippen molar-refractivity contribution in [3.63, 3.8) is 0 Å². The minimum atomic E-state index is -4.07. The maximum absolute atomic E-state index is 13.3. The smallest absolute Gasteiger partial charge is 0.238 e. The first-order valence-electron chi connectivity index (χ1n) is 9.04. The molecule has 0 spiro atoms. The van der Waals surface area contributed by atoms with Gasteiger partial charge in [-0.15, -0.1) is 0 Å². The van der Waals surface area contributed by atoms with Crippen LogP contribution in [0.15, 0.2) is 69.8 Å². The molecule has 1 heterocycles. The Bertz CT molecular complexity index is 1220. The lowest BCUT2D eigenvalue weighted by molar-refractivity contribution is 0.590. The van der Waals surface area contributed by atoms with Crippen molar-refractivity contribution in [2.45, 2.75) is 47.9 Å². The molecular weight excluding hydrogens is 410 g/mol. The molecule has 3 rings (SSSR count). The lowest BCUT2D eigenvalue weighted by Crippen LogP contribution is -2.18. The van der Waals surface area contributed by atoms with Gasteiger partial charge in [-0.05, 0) is 61.6 Å². The lowest BCUT2D eigenvalue weighted by atomic mass is 9.99. The number of aromatic nitrogens is 2. The van der Waals surface area contributed by atoms with E-state index in [1.165, 1.54) is 18.2 Å². The number of nitrogens with two attached hydrogens (primary N) is 1. The summed E-state index contributed by atoms with van der Waals surface area (Å²) in [6, 6.07) is 9.18. The van der Waals surface area contributed by atoms with Crippen molar-refractivity contribution >= 4 is 19.9 Å². The molecule has 0 unspecified atom stereocenters. The Hall–Kier alpha value is -2.49. The van der Waals surface area contributed by atoms with Crippen LogP contribution in [-0.2, 0) is 32.8 Å². The Labute approximate surface area is 171 Å². The summed E-state index contributed by atoms with van der Waals surface area (Å²) >= 11 is 0. The van der Waals surface area contributed by atoms with E-state index in [-0.39, 0.29) is 14.7 Å². The molecule has 1 aromatic heterocycles. The molecule has 0 atom stereocenters. The van der Waals surface area contributed by atoms with Crippen LogP contribution in [0.3, 0.4) is 0 Å². The summed E-state index contributed by atoms with van der Waals surface area (Å²) in [7, 11) is -7.99. The largest absolute Gasteiger partial charge is 0.337 e. The lowest BCUT2D eigenvalue weighted by Gasteiger charge is -2.18. The van der Waals surface area contributed by atoms with Crippen LogP contribution >= 0.6 is 0 Å². The average molecular weight is 434 g/mol. The summed E-state index contributed by atoms with van der Waals surface area (Å²) in [5.41, 5.74) is 1.70. The van der Waals surface area contributed by atoms with Gasteiger partial charge in [-0.3, -0.25) is 0 Å². The monoisotopic (exact) mass is 433 g/mol. The fourth-order valence-corrected chi connectivity index (χ4v) is 5.90. The summed E-state index contributed by atoms with van der Waals surface area (Å²) in [6.45, 7) is 4.05. The molecule has 0 saturated heterocycles. The second-order valence-electron chi connectivity index (χ2n) is 6.87. The van der Waals surface area contributed by atoms with Crippen molar-refractivity contribution in [1.29, 1.82) is 0 Å². The van der Waals surface area contributed by atoms with E-state index in [1.54, 1.807) is 44.6 Å². The van der Waals surface area contributed by atoms with Gasteiger partial charge >= 0.3 is 0 Å². The Morgan fingerprint density at radius 2 is 1.69 bits per heavy atom. The number of primary sulfonamides is 1. The van der Waals surface area contributed by atoms with Crippen molar-refractivity contribution in [2.24, 2.45) is 5.14 Å². The van der Waals surface area contributed by atoms with Crippen LogP contribution in [0.4, 0.5) is 0 Å². The van der Waals surface area contributed by atoms with Crippen LogP contribution in [0, 0.1) is 13.8 Å². The van der Waals surface area contributed by atoms with E-state index in [0.29, 0.717) is 36.1 Å². The minimum absolute atomic E-state index is 0.0125. The van der Waals surface area contributed by atoms with Crippen molar-refractivity contribution in [3.05, 3.63) is 71.8 Å². The maximum atomic E-state index is 13.3. The first kappa shape index (κ1) is 21.2. The molecule has 0 saturated carbocycles. The van der Waals surface area contributed by atoms with Gasteiger partial charge in [0.1, 0.15) is 0 Å². The van der Waals surface area contributed by atoms with Crippen LogP contribution in [0.1, 0.15) is 23.1 Å². The van der Waals surface area contributed by atoms with Crippen molar-refractivity contribution < 1.29 is 16.8 Å². The molecule has 0 fully saturated rings. The second kappa shape index (κ2) is 8.10. The van der Waals surface area contributed by atoms with Gasteiger partial charge in [-0.25, -0.2) is 27.0 Å². The van der Waals surface area contributed by atoms with E-state index in [0.717, 1.165) is 0 Å². The number of aryl methyl sites for hydroxylation is 1. The van der Waals surface area contributed by atoms with Gasteiger partial charge < -0.3 is 4.57 Å². The SMILES string of the molecule is Cc1c(S(N)(=O)=O)cc(S(=O)(=O)c2ccccc2)c(CCCn2ccnc2)c1C. The minimum Gasteiger partial charge on any atom is -0.337 e. The number of imidazole rings is 1. The maximum Gasteiger partial charge on any atom is 0.238 e. The molecule has 0 aliphatic heterocycles. The highest BCUT2D eigenvalue weighted by Crippen LogP contribution is 2.32. The predicted molar refractivity (Wildman–Crippen MR) is 110 cm³/mol. The Balaban J connectivity index is 2.14. The van der Waals surface area contributed by atoms with E-state index < -0.39 is 19.9 Å². The van der Waals surface area contributed by atoms with Gasteiger partial charge in [0.2, 0.25) is 19.9 Å². The van der Waals surface area contributed by atoms with Gasteiger partial charge in [0, 0.05) is 18.9 Å². The van der Waals surface area contributed by atoms with Crippen molar-refractivity contribution in [3.8, 4) is 0 Å². The number of rotatable bonds is 7. The highest BCUT2D eigenvalue weighted by atomic mass is 32.2. The van der Waals surface area contributed by atoms with Crippen LogP contribution in [0.5, 0.6) is 0 Å². The number of sulfonamides is 1. The molecule has 0 radical (unpaired) electrons. The third-order valence-electron chi connectivity index (χ3n) is 5.00. The summed E-state index contributed by atoms with van der Waals surface area (Å²) in [6.07, 6.45) is 6.36. The standard InChI is InChI=1S/C20H23N3O4S2/c1-15-16(2)19(29(21,26)27)13-20(28(24,25)17-7-4-3-5-8-17)18(15)9-6-11-23-12-10-22-14-23/h3-5,7-8,10,12-14H,6,9,11H2,1-2H3,(H2,21,26,27). The molecule has 0 aliphatic rings. The molecule has 2 N–H and O–H groups in total. The summed E-state index contributed by atoms with van der Waals surface area (Å²) < 4.78 is 52.7. The zero-order valence-electron chi connectivity index (χ0n) is 16.2. The number of hydrogen-bond donors (Lipinski definition) is 1. The molecule has 0 bridgehead atoms. The molecule has 154 valence electrons. The van der Waals surface area contributed by atoms with Gasteiger partial charge in [-0.2, -0.15) is 0 Å². The molecule has 29 heavy (non-hydrogen) atoms. The molecule has 2 aromatic carbocycles. The van der Waals surface area contributed by atoms with Crippen LogP contribution < -0.4 is 5.14 Å². The van der Waals surface area contributed by atoms with Gasteiger partial charge in [0.25, 0.3) is 0 Å². The number of nitrogens with zero attached hydrogens (tertiary/aromatic N) is 2. The number of benzene rings is 2. The average Bonchev–Trinajstić information content (AvgIpc) is 3.18. The molecule has 0 aliphatic carbocycles. The van der Waals surface area contributed by atoms with Crippen LogP contribution in [-0.4, -0.2) is 26.4 Å². The summed E-state index contributed by atoms with van der Waals surface area (Å²) in [5.74, 6) is 0. The molecule has 9 heteroatoms. The predicted octanol–water partition coefficient (Wildman–Crippen LogP) is 2.61. The van der Waals surface area contributed by atoms with Gasteiger partial charge in [0.05, 0.1) is 21.0 Å². The van der Waals surface area contributed by atoms with Crippen molar-refractivity contribution in [1.82, 2.24) is 9.55 Å². The van der Waals surface area contributed by atoms with Crippen molar-refractivity contribution in [2.75, 3.05) is 0 Å². The van der Waals surface area contributed by atoms with Gasteiger partial charge in [-0.1, -0.05) is 18.2 Å². The Kier molecular flexibility index (Phi) is 5.92. The number of sulfone groups is 1. The molecule has 7 nitrogen and oxygen atoms in total. The van der Waals surface area contributed by atoms with E-state index in [9.17, 15) is 16.8 Å². The first-order chi connectivity index (χ1) is 13.6. The third-order valence-corrected chi connectivity index (χ3v) is 7.87. The Morgan fingerprint density at radius 3 is 2.28 bits per heavy atom. The zero-order chi connectivity index (χ0) is 21.2. The Morgan fingerprint density at radius 1 is 1.00 bits per heavy atom. The van der Waals surface area contributed by atoms with Gasteiger partial charge in [0.15, 0.2) is 0 Å². The fourth-order valence-electron chi connectivity index (χ4n) is 3.34.